The van der Waals surface area contributed by atoms with Gasteiger partial charge in [0.15, 0.2) is 0 Å². The first-order valence-corrected chi connectivity index (χ1v) is 9.92. The van der Waals surface area contributed by atoms with Crippen LogP contribution in [0.1, 0.15) is 32.8 Å². The standard InChI is InChI=1S/C19H16.C5H12.CH5BO2/c1-15-8-5-6-13-19(15)18-12-7-11-17(14-18)16-9-3-2-4-10-16;1-4-5(2)3;1-2(3)4/h2-14H,1H3;5H,4H2,1-3H3;3-4H,1H3. The van der Waals surface area contributed by atoms with E-state index in [1.807, 2.05) is 0 Å². The van der Waals surface area contributed by atoms with Gasteiger partial charge in [0, 0.05) is 0 Å². The van der Waals surface area contributed by atoms with Crippen molar-refractivity contribution in [1.82, 2.24) is 0 Å². The number of benzene rings is 3. The van der Waals surface area contributed by atoms with Gasteiger partial charge in [-0.05, 0) is 53.5 Å². The number of rotatable bonds is 3. The summed E-state index contributed by atoms with van der Waals surface area (Å²) >= 11 is 0. The average molecular weight is 376 g/mol. The molecule has 0 atom stereocenters. The summed E-state index contributed by atoms with van der Waals surface area (Å²) in [6.45, 7) is 10.1. The zero-order valence-corrected chi connectivity index (χ0v) is 17.8. The molecule has 0 aliphatic carbocycles. The van der Waals surface area contributed by atoms with Crippen molar-refractivity contribution in [2.75, 3.05) is 0 Å². The minimum absolute atomic E-state index is 0.884. The molecular formula is C25H33BO2. The predicted octanol–water partition coefficient (Wildman–Crippen LogP) is 6.47. The van der Waals surface area contributed by atoms with Gasteiger partial charge in [-0.25, -0.2) is 0 Å². The van der Waals surface area contributed by atoms with Crippen LogP contribution in [0.2, 0.25) is 6.82 Å². The lowest BCUT2D eigenvalue weighted by Crippen LogP contribution is -2.00. The fourth-order valence-corrected chi connectivity index (χ4v) is 2.39. The molecule has 0 radical (unpaired) electrons. The van der Waals surface area contributed by atoms with Gasteiger partial charge in [0.05, 0.1) is 0 Å². The Kier molecular flexibility index (Phi) is 10.9. The Hall–Kier alpha value is -2.36. The summed E-state index contributed by atoms with van der Waals surface area (Å²) < 4.78 is 0. The summed E-state index contributed by atoms with van der Waals surface area (Å²) in [7, 11) is -1.17. The van der Waals surface area contributed by atoms with Gasteiger partial charge in [0.1, 0.15) is 0 Å². The van der Waals surface area contributed by atoms with Gasteiger partial charge in [-0.3, -0.25) is 0 Å². The summed E-state index contributed by atoms with van der Waals surface area (Å²) in [6, 6.07) is 27.8. The minimum atomic E-state index is -1.17. The molecule has 0 aromatic heterocycles. The van der Waals surface area contributed by atoms with Crippen molar-refractivity contribution < 1.29 is 10.0 Å². The molecule has 0 bridgehead atoms. The molecule has 0 saturated heterocycles. The Balaban J connectivity index is 0.000000369. The molecule has 0 amide bonds. The Morgan fingerprint density at radius 1 is 0.750 bits per heavy atom. The molecule has 2 nitrogen and oxygen atoms in total. The summed E-state index contributed by atoms with van der Waals surface area (Å²) in [5, 5.41) is 15.2. The van der Waals surface area contributed by atoms with Crippen LogP contribution in [0.5, 0.6) is 0 Å². The molecule has 0 saturated carbocycles. The molecule has 0 spiro atoms. The fraction of sp³-hybridized carbons (Fsp3) is 0.280. The van der Waals surface area contributed by atoms with Crippen molar-refractivity contribution in [3.63, 3.8) is 0 Å². The smallest absolute Gasteiger partial charge is 0.427 e. The van der Waals surface area contributed by atoms with E-state index in [-0.39, 0.29) is 0 Å². The molecule has 0 aliphatic heterocycles. The molecule has 0 fully saturated rings. The summed E-state index contributed by atoms with van der Waals surface area (Å²) in [5.41, 5.74) is 6.42. The third-order valence-electron chi connectivity index (χ3n) is 4.24. The quantitative estimate of drug-likeness (QED) is 0.514. The highest BCUT2D eigenvalue weighted by atomic mass is 16.4. The number of hydrogen-bond acceptors (Lipinski definition) is 2. The zero-order chi connectivity index (χ0) is 20.9. The van der Waals surface area contributed by atoms with Gasteiger partial charge in [0.25, 0.3) is 0 Å². The van der Waals surface area contributed by atoms with Crippen LogP contribution in [0, 0.1) is 12.8 Å². The van der Waals surface area contributed by atoms with E-state index in [0.717, 1.165) is 5.92 Å². The Bertz CT molecular complexity index is 796. The molecule has 3 aromatic rings. The highest BCUT2D eigenvalue weighted by Gasteiger charge is 2.03. The van der Waals surface area contributed by atoms with Crippen LogP contribution in [-0.2, 0) is 0 Å². The Labute approximate surface area is 171 Å². The van der Waals surface area contributed by atoms with E-state index < -0.39 is 7.12 Å². The normalized spacial score (nSPS) is 9.71. The van der Waals surface area contributed by atoms with Crippen molar-refractivity contribution in [2.45, 2.75) is 40.9 Å². The summed E-state index contributed by atoms with van der Waals surface area (Å²) in [5.74, 6) is 0.884. The monoisotopic (exact) mass is 376 g/mol. The third-order valence-corrected chi connectivity index (χ3v) is 4.24. The van der Waals surface area contributed by atoms with Crippen LogP contribution >= 0.6 is 0 Å². The molecular weight excluding hydrogens is 343 g/mol. The number of hydrogen-bond donors (Lipinski definition) is 2. The summed E-state index contributed by atoms with van der Waals surface area (Å²) in [4.78, 5) is 0. The third kappa shape index (κ3) is 9.03. The molecule has 3 rings (SSSR count). The maximum absolute atomic E-state index is 7.61. The van der Waals surface area contributed by atoms with E-state index >= 15 is 0 Å². The lowest BCUT2D eigenvalue weighted by atomic mass is 9.96. The van der Waals surface area contributed by atoms with Crippen LogP contribution in [0.15, 0.2) is 78.9 Å². The molecule has 148 valence electrons. The van der Waals surface area contributed by atoms with E-state index in [4.69, 9.17) is 10.0 Å². The van der Waals surface area contributed by atoms with Crippen molar-refractivity contribution >= 4 is 7.12 Å². The SMILES string of the molecule is CB(O)O.CCC(C)C.Cc1ccccc1-c1cccc(-c2ccccc2)c1. The average Bonchev–Trinajstić information content (AvgIpc) is 2.69. The van der Waals surface area contributed by atoms with Crippen molar-refractivity contribution in [1.29, 1.82) is 0 Å². The van der Waals surface area contributed by atoms with Crippen molar-refractivity contribution in [3.05, 3.63) is 84.4 Å². The Morgan fingerprint density at radius 2 is 1.21 bits per heavy atom. The summed E-state index contributed by atoms with van der Waals surface area (Å²) in [6.07, 6.45) is 1.31. The first kappa shape index (κ1) is 23.7. The Morgan fingerprint density at radius 3 is 1.75 bits per heavy atom. The largest absolute Gasteiger partial charge is 0.448 e. The zero-order valence-electron chi connectivity index (χ0n) is 17.8. The first-order chi connectivity index (χ1) is 13.3. The van der Waals surface area contributed by atoms with E-state index in [0.29, 0.717) is 0 Å². The van der Waals surface area contributed by atoms with Crippen LogP contribution in [0.3, 0.4) is 0 Å². The maximum atomic E-state index is 7.61. The molecule has 3 heteroatoms. The van der Waals surface area contributed by atoms with E-state index in [2.05, 4.69) is 107 Å². The molecule has 0 unspecified atom stereocenters. The lowest BCUT2D eigenvalue weighted by Gasteiger charge is -2.08. The van der Waals surface area contributed by atoms with Crippen LogP contribution in [0.4, 0.5) is 0 Å². The van der Waals surface area contributed by atoms with Crippen LogP contribution < -0.4 is 0 Å². The van der Waals surface area contributed by atoms with E-state index in [9.17, 15) is 0 Å². The molecule has 28 heavy (non-hydrogen) atoms. The second kappa shape index (κ2) is 12.9. The van der Waals surface area contributed by atoms with E-state index in [1.165, 1.54) is 41.1 Å². The number of aryl methyl sites for hydroxylation is 1. The van der Waals surface area contributed by atoms with Crippen LogP contribution in [-0.4, -0.2) is 17.2 Å². The molecule has 0 heterocycles. The molecule has 0 aliphatic rings. The van der Waals surface area contributed by atoms with Gasteiger partial charge in [-0.1, -0.05) is 100.0 Å². The topological polar surface area (TPSA) is 40.5 Å². The van der Waals surface area contributed by atoms with Gasteiger partial charge in [-0.15, -0.1) is 0 Å². The van der Waals surface area contributed by atoms with Crippen molar-refractivity contribution in [3.8, 4) is 22.3 Å². The lowest BCUT2D eigenvalue weighted by molar-refractivity contribution is 0.417. The van der Waals surface area contributed by atoms with Gasteiger partial charge in [-0.2, -0.15) is 0 Å². The molecule has 3 aromatic carbocycles. The van der Waals surface area contributed by atoms with Gasteiger partial charge < -0.3 is 10.0 Å². The molecule has 2 N–H and O–H groups in total. The van der Waals surface area contributed by atoms with Crippen LogP contribution in [0.25, 0.3) is 22.3 Å². The second-order valence-corrected chi connectivity index (χ2v) is 7.20. The van der Waals surface area contributed by atoms with Gasteiger partial charge in [0.2, 0.25) is 0 Å². The second-order valence-electron chi connectivity index (χ2n) is 7.20. The fourth-order valence-electron chi connectivity index (χ4n) is 2.39. The highest BCUT2D eigenvalue weighted by molar-refractivity contribution is 6.38. The highest BCUT2D eigenvalue weighted by Crippen LogP contribution is 2.28. The van der Waals surface area contributed by atoms with E-state index in [1.54, 1.807) is 0 Å². The predicted molar refractivity (Wildman–Crippen MR) is 123 cm³/mol. The van der Waals surface area contributed by atoms with Gasteiger partial charge >= 0.3 is 7.12 Å². The minimum Gasteiger partial charge on any atom is -0.427 e. The first-order valence-electron chi connectivity index (χ1n) is 9.92. The van der Waals surface area contributed by atoms with Crippen molar-refractivity contribution in [2.24, 2.45) is 5.92 Å². The maximum Gasteiger partial charge on any atom is 0.448 e.